The van der Waals surface area contributed by atoms with E-state index in [1.54, 1.807) is 13.1 Å². The summed E-state index contributed by atoms with van der Waals surface area (Å²) < 4.78 is 2.53. The highest BCUT2D eigenvalue weighted by atomic mass is 16.2. The van der Waals surface area contributed by atoms with Gasteiger partial charge in [-0.1, -0.05) is 29.8 Å². The van der Waals surface area contributed by atoms with Crippen LogP contribution in [-0.4, -0.2) is 25.1 Å². The van der Waals surface area contributed by atoms with Crippen LogP contribution in [0, 0.1) is 13.8 Å². The molecule has 0 aliphatic carbocycles. The molecule has 0 spiro atoms. The van der Waals surface area contributed by atoms with Crippen LogP contribution in [-0.2, 0) is 11.3 Å². The fraction of sp³-hybridized carbons (Fsp3) is 0.294. The third-order valence-electron chi connectivity index (χ3n) is 3.84. The Kier molecular flexibility index (Phi) is 4.16. The number of carbonyl (C=O) groups excluding carboxylic acids is 1. The first-order chi connectivity index (χ1) is 11.4. The Morgan fingerprint density at radius 2 is 1.96 bits per heavy atom. The van der Waals surface area contributed by atoms with Crippen molar-refractivity contribution >= 4 is 11.6 Å². The standard InChI is InChI=1S/C17H19N5O2/c1-11-4-6-14(7-5-11)13(3)19-16(23)10-22-17(24)21-9-12(2)18-8-15(21)20-22/h4-9,13H,10H2,1-3H3,(H,19,23)/t13-/m0/s1. The quantitative estimate of drug-likeness (QED) is 0.786. The fourth-order valence-corrected chi connectivity index (χ4v) is 2.49. The normalized spacial score (nSPS) is 12.3. The van der Waals surface area contributed by atoms with Crippen molar-refractivity contribution in [3.63, 3.8) is 0 Å². The minimum absolute atomic E-state index is 0.129. The van der Waals surface area contributed by atoms with Gasteiger partial charge in [0.05, 0.1) is 17.9 Å². The number of amides is 1. The second-order valence-corrected chi connectivity index (χ2v) is 5.90. The van der Waals surface area contributed by atoms with Crippen molar-refractivity contribution in [3.8, 4) is 0 Å². The summed E-state index contributed by atoms with van der Waals surface area (Å²) in [5, 5.41) is 7.01. The van der Waals surface area contributed by atoms with Gasteiger partial charge in [0, 0.05) is 6.20 Å². The maximum Gasteiger partial charge on any atom is 0.350 e. The van der Waals surface area contributed by atoms with Crippen LogP contribution in [0.25, 0.3) is 5.65 Å². The molecule has 0 fully saturated rings. The van der Waals surface area contributed by atoms with Crippen LogP contribution in [0.4, 0.5) is 0 Å². The van der Waals surface area contributed by atoms with Gasteiger partial charge in [0.25, 0.3) is 0 Å². The lowest BCUT2D eigenvalue weighted by Crippen LogP contribution is -2.34. The van der Waals surface area contributed by atoms with Crippen molar-refractivity contribution in [2.45, 2.75) is 33.4 Å². The molecule has 1 aromatic carbocycles. The Morgan fingerprint density at radius 1 is 1.25 bits per heavy atom. The van der Waals surface area contributed by atoms with E-state index in [0.29, 0.717) is 11.3 Å². The molecule has 3 rings (SSSR count). The molecule has 1 N–H and O–H groups in total. The summed E-state index contributed by atoms with van der Waals surface area (Å²) in [7, 11) is 0. The summed E-state index contributed by atoms with van der Waals surface area (Å²) in [4.78, 5) is 28.6. The van der Waals surface area contributed by atoms with Crippen molar-refractivity contribution < 1.29 is 4.79 Å². The summed E-state index contributed by atoms with van der Waals surface area (Å²) in [6.07, 6.45) is 3.12. The largest absolute Gasteiger partial charge is 0.350 e. The smallest absolute Gasteiger partial charge is 0.348 e. The van der Waals surface area contributed by atoms with E-state index in [1.807, 2.05) is 38.1 Å². The number of hydrogen-bond acceptors (Lipinski definition) is 4. The summed E-state index contributed by atoms with van der Waals surface area (Å²) >= 11 is 0. The van der Waals surface area contributed by atoms with Crippen molar-refractivity contribution in [2.24, 2.45) is 0 Å². The van der Waals surface area contributed by atoms with Gasteiger partial charge >= 0.3 is 5.69 Å². The van der Waals surface area contributed by atoms with E-state index in [1.165, 1.54) is 10.6 Å². The van der Waals surface area contributed by atoms with Crippen molar-refractivity contribution in [1.29, 1.82) is 0 Å². The summed E-state index contributed by atoms with van der Waals surface area (Å²) in [6.45, 7) is 5.58. The molecule has 1 amide bonds. The molecule has 0 saturated carbocycles. The first-order valence-electron chi connectivity index (χ1n) is 7.72. The van der Waals surface area contributed by atoms with E-state index in [9.17, 15) is 9.59 Å². The highest BCUT2D eigenvalue weighted by Gasteiger charge is 2.14. The molecule has 0 aliphatic heterocycles. The number of benzene rings is 1. The van der Waals surface area contributed by atoms with Crippen LogP contribution in [0.15, 0.2) is 41.5 Å². The molecule has 2 aromatic heterocycles. The highest BCUT2D eigenvalue weighted by molar-refractivity contribution is 5.76. The molecule has 3 aromatic rings. The van der Waals surface area contributed by atoms with Crippen LogP contribution < -0.4 is 11.0 Å². The van der Waals surface area contributed by atoms with Gasteiger partial charge in [-0.15, -0.1) is 5.10 Å². The molecular weight excluding hydrogens is 306 g/mol. The summed E-state index contributed by atoms with van der Waals surface area (Å²) in [5.41, 5.74) is 2.95. The fourth-order valence-electron chi connectivity index (χ4n) is 2.49. The number of nitrogens with zero attached hydrogens (tertiary/aromatic N) is 4. The lowest BCUT2D eigenvalue weighted by atomic mass is 10.1. The predicted molar refractivity (Wildman–Crippen MR) is 89.7 cm³/mol. The van der Waals surface area contributed by atoms with Gasteiger partial charge in [0.15, 0.2) is 5.65 Å². The van der Waals surface area contributed by atoms with Crippen LogP contribution >= 0.6 is 0 Å². The Hall–Kier alpha value is -2.96. The molecule has 0 unspecified atom stereocenters. The number of rotatable bonds is 4. The lowest BCUT2D eigenvalue weighted by molar-refractivity contribution is -0.122. The van der Waals surface area contributed by atoms with E-state index in [4.69, 9.17) is 0 Å². The zero-order valence-corrected chi connectivity index (χ0v) is 13.9. The van der Waals surface area contributed by atoms with Gasteiger partial charge in [-0.05, 0) is 26.3 Å². The summed E-state index contributed by atoms with van der Waals surface area (Å²) in [6, 6.07) is 7.81. The molecule has 2 heterocycles. The van der Waals surface area contributed by atoms with E-state index in [-0.39, 0.29) is 24.2 Å². The maximum atomic E-state index is 12.3. The second kappa shape index (κ2) is 6.27. The van der Waals surface area contributed by atoms with Crippen LogP contribution in [0.3, 0.4) is 0 Å². The van der Waals surface area contributed by atoms with Crippen LogP contribution in [0.1, 0.15) is 29.8 Å². The van der Waals surface area contributed by atoms with Crippen molar-refractivity contribution in [2.75, 3.05) is 0 Å². The van der Waals surface area contributed by atoms with Gasteiger partial charge < -0.3 is 5.32 Å². The molecule has 0 bridgehead atoms. The maximum absolute atomic E-state index is 12.3. The number of hydrogen-bond donors (Lipinski definition) is 1. The predicted octanol–water partition coefficient (Wildman–Crippen LogP) is 1.39. The third kappa shape index (κ3) is 3.19. The number of aryl methyl sites for hydroxylation is 2. The molecule has 7 heteroatoms. The Balaban J connectivity index is 1.74. The molecule has 1 atom stereocenters. The van der Waals surface area contributed by atoms with Gasteiger partial charge in [0.1, 0.15) is 6.54 Å². The van der Waals surface area contributed by atoms with Gasteiger partial charge in [-0.3, -0.25) is 9.78 Å². The minimum Gasteiger partial charge on any atom is -0.348 e. The average molecular weight is 325 g/mol. The Bertz CT molecular complexity index is 940. The SMILES string of the molecule is Cc1ccc([C@H](C)NC(=O)Cn2nc3cnc(C)cn3c2=O)cc1. The first kappa shape index (κ1) is 15.9. The summed E-state index contributed by atoms with van der Waals surface area (Å²) in [5.74, 6) is -0.265. The minimum atomic E-state index is -0.353. The zero-order valence-electron chi connectivity index (χ0n) is 13.9. The number of fused-ring (bicyclic) bond motifs is 1. The lowest BCUT2D eigenvalue weighted by Gasteiger charge is -2.14. The number of carbonyl (C=O) groups is 1. The first-order valence-corrected chi connectivity index (χ1v) is 7.72. The van der Waals surface area contributed by atoms with Gasteiger partial charge in [-0.25, -0.2) is 13.9 Å². The molecule has 0 aliphatic rings. The molecular formula is C17H19N5O2. The Morgan fingerprint density at radius 3 is 2.67 bits per heavy atom. The van der Waals surface area contributed by atoms with Gasteiger partial charge in [-0.2, -0.15) is 0 Å². The zero-order chi connectivity index (χ0) is 17.3. The van der Waals surface area contributed by atoms with Crippen molar-refractivity contribution in [1.82, 2.24) is 24.5 Å². The van der Waals surface area contributed by atoms with Crippen LogP contribution in [0.5, 0.6) is 0 Å². The number of aromatic nitrogens is 4. The van der Waals surface area contributed by atoms with Gasteiger partial charge in [0.2, 0.25) is 5.91 Å². The molecule has 24 heavy (non-hydrogen) atoms. The molecule has 0 saturated heterocycles. The molecule has 124 valence electrons. The van der Waals surface area contributed by atoms with Crippen LogP contribution in [0.2, 0.25) is 0 Å². The van der Waals surface area contributed by atoms with E-state index < -0.39 is 0 Å². The molecule has 7 nitrogen and oxygen atoms in total. The monoisotopic (exact) mass is 325 g/mol. The average Bonchev–Trinajstić information content (AvgIpc) is 2.84. The van der Waals surface area contributed by atoms with Crippen molar-refractivity contribution in [3.05, 3.63) is 64.0 Å². The Labute approximate surface area is 139 Å². The number of nitrogens with one attached hydrogen (secondary N) is 1. The third-order valence-corrected chi connectivity index (χ3v) is 3.84. The van der Waals surface area contributed by atoms with E-state index >= 15 is 0 Å². The molecule has 0 radical (unpaired) electrons. The topological polar surface area (TPSA) is 81.3 Å². The highest BCUT2D eigenvalue weighted by Crippen LogP contribution is 2.12. The second-order valence-electron chi connectivity index (χ2n) is 5.90. The van der Waals surface area contributed by atoms with E-state index in [2.05, 4.69) is 15.4 Å². The van der Waals surface area contributed by atoms with E-state index in [0.717, 1.165) is 15.8 Å².